The summed E-state index contributed by atoms with van der Waals surface area (Å²) < 4.78 is 28.8. The molecule has 180 valence electrons. The van der Waals surface area contributed by atoms with Gasteiger partial charge in [-0.3, -0.25) is 4.72 Å². The minimum absolute atomic E-state index is 0.0593. The summed E-state index contributed by atoms with van der Waals surface area (Å²) in [7, 11) is -3.88. The Morgan fingerprint density at radius 3 is 2.26 bits per heavy atom. The summed E-state index contributed by atoms with van der Waals surface area (Å²) in [4.78, 5) is 14.4. The average Bonchev–Trinajstić information content (AvgIpc) is 2.79. The van der Waals surface area contributed by atoms with E-state index in [1.165, 1.54) is 6.07 Å². The molecule has 0 unspecified atom stereocenters. The van der Waals surface area contributed by atoms with Crippen molar-refractivity contribution < 1.29 is 18.3 Å². The van der Waals surface area contributed by atoms with Gasteiger partial charge in [-0.05, 0) is 73.7 Å². The molecule has 0 aliphatic heterocycles. The largest absolute Gasteiger partial charge is 0.478 e. The second kappa shape index (κ2) is 10.7. The number of hydrogen-bond acceptors (Lipinski definition) is 4. The van der Waals surface area contributed by atoms with Gasteiger partial charge in [-0.2, -0.15) is 0 Å². The Balaban J connectivity index is 1.97. The van der Waals surface area contributed by atoms with Crippen LogP contribution in [0.4, 0.5) is 11.4 Å². The van der Waals surface area contributed by atoms with E-state index in [1.807, 2.05) is 55.1 Å². The minimum atomic E-state index is -3.88. The zero-order valence-corrected chi connectivity index (χ0v) is 20.9. The van der Waals surface area contributed by atoms with E-state index in [0.717, 1.165) is 29.5 Å². The van der Waals surface area contributed by atoms with E-state index >= 15 is 0 Å². The first-order valence-electron chi connectivity index (χ1n) is 11.4. The molecule has 7 heteroatoms. The molecule has 0 saturated heterocycles. The van der Waals surface area contributed by atoms with Gasteiger partial charge in [0.05, 0.1) is 16.1 Å². The Bertz CT molecular complexity index is 1270. The number of nitrogens with zero attached hydrogens (tertiary/aromatic N) is 1. The number of benzene rings is 3. The molecule has 34 heavy (non-hydrogen) atoms. The highest BCUT2D eigenvalue weighted by Gasteiger charge is 2.21. The fourth-order valence-electron chi connectivity index (χ4n) is 3.92. The van der Waals surface area contributed by atoms with Crippen LogP contribution in [0.25, 0.3) is 0 Å². The third-order valence-corrected chi connectivity index (χ3v) is 7.42. The van der Waals surface area contributed by atoms with Crippen molar-refractivity contribution >= 4 is 27.4 Å². The van der Waals surface area contributed by atoms with Crippen LogP contribution in [0.2, 0.25) is 0 Å². The summed E-state index contributed by atoms with van der Waals surface area (Å²) in [6.07, 6.45) is 1.88. The zero-order valence-electron chi connectivity index (χ0n) is 20.1. The smallest absolute Gasteiger partial charge is 0.337 e. The van der Waals surface area contributed by atoms with Crippen molar-refractivity contribution in [2.45, 2.75) is 52.0 Å². The van der Waals surface area contributed by atoms with Crippen LogP contribution in [0.5, 0.6) is 0 Å². The van der Waals surface area contributed by atoms with Gasteiger partial charge in [-0.25, -0.2) is 13.2 Å². The van der Waals surface area contributed by atoms with Crippen LogP contribution < -0.4 is 9.62 Å². The highest BCUT2D eigenvalue weighted by Crippen LogP contribution is 2.29. The number of rotatable bonds is 10. The second-order valence-corrected chi connectivity index (χ2v) is 10.3. The fourth-order valence-corrected chi connectivity index (χ4v) is 5.28. The standard InChI is InChI=1S/C27H32N2O4S/c1-5-6-14-29(18-22-10-8-7-9-11-22)25-13-12-23(17-24(25)27(30)31)28-34(32,33)26-16-20(3)19(2)15-21(26)4/h7-13,15-17,28H,5-6,14,18H2,1-4H3,(H,30,31). The Morgan fingerprint density at radius 1 is 0.941 bits per heavy atom. The number of aromatic carboxylic acids is 1. The minimum Gasteiger partial charge on any atom is -0.478 e. The predicted molar refractivity (Wildman–Crippen MR) is 137 cm³/mol. The number of carboxylic acid groups (broad SMARTS) is 1. The van der Waals surface area contributed by atoms with Crippen LogP contribution in [-0.4, -0.2) is 26.0 Å². The molecule has 0 saturated carbocycles. The van der Waals surface area contributed by atoms with Crippen LogP contribution in [-0.2, 0) is 16.6 Å². The molecule has 0 aliphatic rings. The first-order chi connectivity index (χ1) is 16.1. The number of aryl methyl sites for hydroxylation is 3. The molecule has 0 heterocycles. The molecule has 2 N–H and O–H groups in total. The van der Waals surface area contributed by atoms with Crippen molar-refractivity contribution in [3.8, 4) is 0 Å². The van der Waals surface area contributed by atoms with Gasteiger partial charge in [0.1, 0.15) is 0 Å². The maximum absolute atomic E-state index is 13.1. The molecule has 3 aromatic carbocycles. The summed E-state index contributed by atoms with van der Waals surface area (Å²) >= 11 is 0. The molecule has 0 spiro atoms. The molecule has 0 bridgehead atoms. The Labute approximate surface area is 202 Å². The quantitative estimate of drug-likeness (QED) is 0.376. The van der Waals surface area contributed by atoms with E-state index in [9.17, 15) is 18.3 Å². The molecular weight excluding hydrogens is 448 g/mol. The number of sulfonamides is 1. The number of carboxylic acids is 1. The maximum atomic E-state index is 13.1. The molecule has 3 aromatic rings. The summed E-state index contributed by atoms with van der Waals surface area (Å²) in [5.74, 6) is -1.10. The van der Waals surface area contributed by atoms with Gasteiger partial charge >= 0.3 is 5.97 Å². The van der Waals surface area contributed by atoms with E-state index in [0.29, 0.717) is 24.3 Å². The summed E-state index contributed by atoms with van der Waals surface area (Å²) in [6.45, 7) is 8.90. The SMILES string of the molecule is CCCCN(Cc1ccccc1)c1ccc(NS(=O)(=O)c2cc(C)c(C)cc2C)cc1C(=O)O. The third-order valence-electron chi connectivity index (χ3n) is 5.90. The molecule has 0 fully saturated rings. The zero-order chi connectivity index (χ0) is 24.9. The van der Waals surface area contributed by atoms with Crippen molar-refractivity contribution in [3.05, 3.63) is 88.5 Å². The lowest BCUT2D eigenvalue weighted by Gasteiger charge is -2.27. The van der Waals surface area contributed by atoms with Crippen LogP contribution in [0.3, 0.4) is 0 Å². The van der Waals surface area contributed by atoms with Crippen LogP contribution >= 0.6 is 0 Å². The molecule has 3 rings (SSSR count). The Morgan fingerprint density at radius 2 is 1.62 bits per heavy atom. The van der Waals surface area contributed by atoms with Gasteiger partial charge in [-0.1, -0.05) is 49.7 Å². The first-order valence-corrected chi connectivity index (χ1v) is 12.9. The summed E-state index contributed by atoms with van der Waals surface area (Å²) in [5.41, 5.74) is 4.44. The predicted octanol–water partition coefficient (Wildman–Crippen LogP) is 5.92. The number of unbranched alkanes of at least 4 members (excludes halogenated alkanes) is 1. The van der Waals surface area contributed by atoms with E-state index in [1.54, 1.807) is 25.1 Å². The summed E-state index contributed by atoms with van der Waals surface area (Å²) in [5, 5.41) is 9.95. The molecular formula is C27H32N2O4S. The monoisotopic (exact) mass is 480 g/mol. The molecule has 0 aliphatic carbocycles. The molecule has 0 aromatic heterocycles. The number of carbonyl (C=O) groups is 1. The first kappa shape index (κ1) is 25.3. The lowest BCUT2D eigenvalue weighted by atomic mass is 10.1. The van der Waals surface area contributed by atoms with Gasteiger partial charge < -0.3 is 10.0 Å². The van der Waals surface area contributed by atoms with Gasteiger partial charge in [0.15, 0.2) is 0 Å². The third kappa shape index (κ3) is 5.97. The highest BCUT2D eigenvalue weighted by atomic mass is 32.2. The number of anilines is 2. The van der Waals surface area contributed by atoms with Crippen molar-refractivity contribution in [1.82, 2.24) is 0 Å². The fraction of sp³-hybridized carbons (Fsp3) is 0.296. The molecule has 0 radical (unpaired) electrons. The van der Waals surface area contributed by atoms with Crippen LogP contribution in [0.15, 0.2) is 65.6 Å². The second-order valence-electron chi connectivity index (χ2n) is 8.61. The van der Waals surface area contributed by atoms with E-state index in [4.69, 9.17) is 0 Å². The highest BCUT2D eigenvalue weighted by molar-refractivity contribution is 7.92. The Kier molecular flexibility index (Phi) is 7.99. The van der Waals surface area contributed by atoms with Crippen molar-refractivity contribution in [1.29, 1.82) is 0 Å². The lowest BCUT2D eigenvalue weighted by Crippen LogP contribution is -2.26. The molecule has 0 amide bonds. The summed E-state index contributed by atoms with van der Waals surface area (Å²) in [6, 6.07) is 18.1. The number of nitrogens with one attached hydrogen (secondary N) is 1. The van der Waals surface area contributed by atoms with Crippen LogP contribution in [0, 0.1) is 20.8 Å². The van der Waals surface area contributed by atoms with Crippen molar-refractivity contribution in [2.75, 3.05) is 16.2 Å². The van der Waals surface area contributed by atoms with Crippen LogP contribution in [0.1, 0.15) is 52.4 Å². The molecule has 6 nitrogen and oxygen atoms in total. The van der Waals surface area contributed by atoms with E-state index < -0.39 is 16.0 Å². The van der Waals surface area contributed by atoms with Gasteiger partial charge in [0.2, 0.25) is 0 Å². The van der Waals surface area contributed by atoms with Gasteiger partial charge in [0, 0.05) is 18.8 Å². The van der Waals surface area contributed by atoms with E-state index in [-0.39, 0.29) is 16.1 Å². The average molecular weight is 481 g/mol. The molecule has 0 atom stereocenters. The number of hydrogen-bond donors (Lipinski definition) is 2. The lowest BCUT2D eigenvalue weighted by molar-refractivity contribution is 0.0697. The normalized spacial score (nSPS) is 11.3. The van der Waals surface area contributed by atoms with Crippen molar-refractivity contribution in [2.24, 2.45) is 0 Å². The van der Waals surface area contributed by atoms with Crippen molar-refractivity contribution in [3.63, 3.8) is 0 Å². The maximum Gasteiger partial charge on any atom is 0.337 e. The van der Waals surface area contributed by atoms with E-state index in [2.05, 4.69) is 11.6 Å². The Hall–Kier alpha value is -3.32. The topological polar surface area (TPSA) is 86.7 Å². The van der Waals surface area contributed by atoms with Gasteiger partial charge in [0.25, 0.3) is 10.0 Å². The van der Waals surface area contributed by atoms with Gasteiger partial charge in [-0.15, -0.1) is 0 Å².